The average Bonchev–Trinajstić information content (AvgIpc) is 2.69. The summed E-state index contributed by atoms with van der Waals surface area (Å²) in [6.45, 7) is 3.77. The Morgan fingerprint density at radius 3 is 1.62 bits per heavy atom. The Labute approximate surface area is 177 Å². The molecule has 1 aromatic carbocycles. The molecule has 1 aromatic rings. The minimum absolute atomic E-state index is 0.468. The van der Waals surface area contributed by atoms with E-state index in [9.17, 15) is 36.2 Å². The van der Waals surface area contributed by atoms with Crippen molar-refractivity contribution in [1.82, 2.24) is 0 Å². The standard InChI is InChI=1S/C13H18N2O3.2C2HF3O2/c1-18-11-4-2-10(3-5-11)12(13(16)17)15-8-6-14-7-9-15;2*3-2(4,5)1(6)7/h2-5,12,14H,6-9H2,1H3,(H,16,17);2*(H,6,7). The maximum atomic E-state index is 11.5. The van der Waals surface area contributed by atoms with Gasteiger partial charge in [0, 0.05) is 5.56 Å². The Hall–Kier alpha value is -3.07. The highest BCUT2D eigenvalue weighted by molar-refractivity contribution is 5.74. The molecule has 182 valence electrons. The Bertz CT molecular complexity index is 723. The summed E-state index contributed by atoms with van der Waals surface area (Å²) < 4.78 is 68.2. The van der Waals surface area contributed by atoms with Crippen LogP contribution in [0.15, 0.2) is 24.3 Å². The van der Waals surface area contributed by atoms with E-state index in [1.54, 1.807) is 7.11 Å². The van der Waals surface area contributed by atoms with E-state index >= 15 is 0 Å². The molecular weight excluding hydrogens is 458 g/mol. The predicted molar refractivity (Wildman–Crippen MR) is 87.9 cm³/mol. The number of carbonyl (C=O) groups excluding carboxylic acids is 2. The first kappa shape index (κ1) is 28.9. The lowest BCUT2D eigenvalue weighted by Crippen LogP contribution is -3.21. The highest BCUT2D eigenvalue weighted by atomic mass is 19.4. The smallest absolute Gasteiger partial charge is 0.430 e. The second-order valence-electron chi connectivity index (χ2n) is 6.14. The first-order valence-corrected chi connectivity index (χ1v) is 8.70. The molecule has 2 rings (SSSR count). The van der Waals surface area contributed by atoms with Crippen LogP contribution in [0.5, 0.6) is 5.75 Å². The van der Waals surface area contributed by atoms with Gasteiger partial charge in [-0.25, -0.2) is 4.79 Å². The average molecular weight is 478 g/mol. The summed E-state index contributed by atoms with van der Waals surface area (Å²) in [4.78, 5) is 30.2. The van der Waals surface area contributed by atoms with Crippen LogP contribution in [0, 0.1) is 0 Å². The van der Waals surface area contributed by atoms with Crippen LogP contribution in [-0.4, -0.2) is 68.7 Å². The van der Waals surface area contributed by atoms with E-state index in [1.807, 2.05) is 24.3 Å². The summed E-state index contributed by atoms with van der Waals surface area (Å²) in [5.74, 6) is -6.01. The largest absolute Gasteiger partial charge is 0.542 e. The number of aliphatic carboxylic acids is 3. The molecule has 1 unspecified atom stereocenters. The zero-order valence-corrected chi connectivity index (χ0v) is 16.5. The molecule has 1 aliphatic rings. The van der Waals surface area contributed by atoms with Crippen LogP contribution in [0.25, 0.3) is 0 Å². The van der Waals surface area contributed by atoms with Crippen molar-refractivity contribution in [1.29, 1.82) is 0 Å². The zero-order valence-electron chi connectivity index (χ0n) is 16.5. The third-order valence-corrected chi connectivity index (χ3v) is 3.91. The summed E-state index contributed by atoms with van der Waals surface area (Å²) in [6, 6.07) is 6.87. The van der Waals surface area contributed by atoms with Crippen molar-refractivity contribution in [2.45, 2.75) is 18.4 Å². The Balaban J connectivity index is 0.000000570. The van der Waals surface area contributed by atoms with E-state index in [2.05, 4.69) is 5.32 Å². The van der Waals surface area contributed by atoms with Gasteiger partial charge in [-0.1, -0.05) is 0 Å². The molecule has 0 aliphatic carbocycles. The van der Waals surface area contributed by atoms with E-state index in [0.29, 0.717) is 0 Å². The summed E-state index contributed by atoms with van der Waals surface area (Å²) in [6.07, 6.45) is -10.4. The number of hydrogen-bond donors (Lipinski definition) is 3. The molecule has 4 N–H and O–H groups in total. The van der Waals surface area contributed by atoms with Crippen molar-refractivity contribution in [3.63, 3.8) is 0 Å². The second kappa shape index (κ2) is 12.7. The minimum atomic E-state index is -5.19. The normalized spacial score (nSPS) is 15.2. The Morgan fingerprint density at radius 2 is 1.34 bits per heavy atom. The zero-order chi connectivity index (χ0) is 25.1. The van der Waals surface area contributed by atoms with Gasteiger partial charge in [-0.05, 0) is 24.3 Å². The molecule has 1 aliphatic heterocycles. The van der Waals surface area contributed by atoms with E-state index < -0.39 is 36.3 Å². The molecule has 32 heavy (non-hydrogen) atoms. The minimum Gasteiger partial charge on any atom is -0.542 e. The maximum Gasteiger partial charge on any atom is 0.430 e. The number of piperazine rings is 1. The predicted octanol–water partition coefficient (Wildman–Crippen LogP) is -3.12. The molecule has 0 saturated carbocycles. The molecule has 0 aromatic heterocycles. The molecule has 1 fully saturated rings. The first-order valence-electron chi connectivity index (χ1n) is 8.70. The highest BCUT2D eigenvalue weighted by Gasteiger charge is 2.33. The van der Waals surface area contributed by atoms with Gasteiger partial charge in [0.15, 0.2) is 0 Å². The van der Waals surface area contributed by atoms with Crippen molar-refractivity contribution >= 4 is 17.9 Å². The van der Waals surface area contributed by atoms with Gasteiger partial charge in [-0.15, -0.1) is 0 Å². The lowest BCUT2D eigenvalue weighted by Gasteiger charge is -2.27. The van der Waals surface area contributed by atoms with Crippen LogP contribution in [0.4, 0.5) is 26.3 Å². The topological polar surface area (TPSA) is 148 Å². The number of hydrogen-bond acceptors (Lipinski definition) is 6. The van der Waals surface area contributed by atoms with Crippen LogP contribution in [0.3, 0.4) is 0 Å². The third-order valence-electron chi connectivity index (χ3n) is 3.91. The second-order valence-corrected chi connectivity index (χ2v) is 6.14. The Kier molecular flexibility index (Phi) is 11.5. The fraction of sp³-hybridized carbons (Fsp3) is 0.471. The summed E-state index contributed by atoms with van der Waals surface area (Å²) >= 11 is 0. The van der Waals surface area contributed by atoms with Crippen molar-refractivity contribution in [3.05, 3.63) is 29.8 Å². The van der Waals surface area contributed by atoms with E-state index in [-0.39, 0.29) is 0 Å². The molecular formula is C17H20F6N2O7. The number of methoxy groups -OCH3 is 1. The number of carboxylic acid groups (broad SMARTS) is 3. The van der Waals surface area contributed by atoms with Gasteiger partial charge in [0.1, 0.15) is 43.9 Å². The Morgan fingerprint density at radius 1 is 0.969 bits per heavy atom. The van der Waals surface area contributed by atoms with Gasteiger partial charge in [0.2, 0.25) is 6.04 Å². The monoisotopic (exact) mass is 478 g/mol. The van der Waals surface area contributed by atoms with Crippen LogP contribution >= 0.6 is 0 Å². The molecule has 0 bridgehead atoms. The number of quaternary nitrogens is 2. The quantitative estimate of drug-likeness (QED) is 0.388. The van der Waals surface area contributed by atoms with Gasteiger partial charge in [0.25, 0.3) is 0 Å². The molecule has 1 heterocycles. The SMILES string of the molecule is COc1ccc(C(C(=O)O)[NH+]2CC[NH2+]CC2)cc1.O=C([O-])C(F)(F)F.O=C([O-])C(F)(F)F. The maximum absolute atomic E-state index is 11.5. The van der Waals surface area contributed by atoms with Crippen molar-refractivity contribution in [2.75, 3.05) is 33.3 Å². The van der Waals surface area contributed by atoms with Crippen molar-refractivity contribution < 1.29 is 71.0 Å². The summed E-state index contributed by atoms with van der Waals surface area (Å²) in [5.41, 5.74) is 0.847. The van der Waals surface area contributed by atoms with Crippen LogP contribution < -0.4 is 25.2 Å². The lowest BCUT2D eigenvalue weighted by atomic mass is 10.0. The fourth-order valence-electron chi connectivity index (χ4n) is 2.48. The van der Waals surface area contributed by atoms with Crippen LogP contribution in [-0.2, 0) is 14.4 Å². The van der Waals surface area contributed by atoms with Gasteiger partial charge < -0.3 is 39.9 Å². The number of nitrogens with one attached hydrogen (secondary N) is 1. The van der Waals surface area contributed by atoms with E-state index in [1.165, 1.54) is 0 Å². The summed E-state index contributed by atoms with van der Waals surface area (Å²) in [7, 11) is 1.61. The number of ether oxygens (including phenoxy) is 1. The lowest BCUT2D eigenvalue weighted by molar-refractivity contribution is -0.965. The number of carboxylic acids is 3. The van der Waals surface area contributed by atoms with Crippen LogP contribution in [0.2, 0.25) is 0 Å². The van der Waals surface area contributed by atoms with Gasteiger partial charge in [-0.2, -0.15) is 26.3 Å². The van der Waals surface area contributed by atoms with Gasteiger partial charge in [-0.3, -0.25) is 0 Å². The molecule has 1 atom stereocenters. The molecule has 9 nitrogen and oxygen atoms in total. The molecule has 0 amide bonds. The number of alkyl halides is 6. The van der Waals surface area contributed by atoms with Crippen LogP contribution in [0.1, 0.15) is 11.6 Å². The molecule has 0 spiro atoms. The number of nitrogens with two attached hydrogens (primary N) is 1. The molecule has 0 radical (unpaired) electrons. The fourth-order valence-corrected chi connectivity index (χ4v) is 2.48. The van der Waals surface area contributed by atoms with Gasteiger partial charge in [0.05, 0.1) is 7.11 Å². The summed E-state index contributed by atoms with van der Waals surface area (Å²) in [5, 5.41) is 29.2. The van der Waals surface area contributed by atoms with E-state index in [0.717, 1.165) is 42.4 Å². The van der Waals surface area contributed by atoms with Crippen molar-refractivity contribution in [3.8, 4) is 5.75 Å². The number of halogens is 6. The number of carbonyl (C=O) groups is 3. The number of rotatable bonds is 4. The van der Waals surface area contributed by atoms with Gasteiger partial charge >= 0.3 is 18.3 Å². The number of benzene rings is 1. The van der Waals surface area contributed by atoms with E-state index in [4.69, 9.17) is 24.5 Å². The molecule has 15 heteroatoms. The first-order chi connectivity index (χ1) is 14.6. The highest BCUT2D eigenvalue weighted by Crippen LogP contribution is 2.16. The molecule has 1 saturated heterocycles. The van der Waals surface area contributed by atoms with Crippen molar-refractivity contribution in [2.24, 2.45) is 0 Å². The third kappa shape index (κ3) is 10.8.